The number of ether oxygens (including phenoxy) is 1. The van der Waals surface area contributed by atoms with Crippen molar-refractivity contribution in [2.24, 2.45) is 0 Å². The number of hydrogen-bond acceptors (Lipinski definition) is 5. The van der Waals surface area contributed by atoms with E-state index in [-0.39, 0.29) is 18.4 Å². The molecule has 2 amide bonds. The molecular weight excluding hydrogens is 314 g/mol. The maximum Gasteiger partial charge on any atom is 0.339 e. The molecule has 0 bridgehead atoms. The van der Waals surface area contributed by atoms with Gasteiger partial charge in [-0.1, -0.05) is 24.3 Å². The summed E-state index contributed by atoms with van der Waals surface area (Å²) in [6.07, 6.45) is 0. The molecule has 6 heteroatoms. The molecule has 0 atom stereocenters. The van der Waals surface area contributed by atoms with E-state index in [1.807, 2.05) is 0 Å². The number of amides is 2. The monoisotopic (exact) mass is 327 g/mol. The fourth-order valence-electron chi connectivity index (χ4n) is 2.27. The lowest BCUT2D eigenvalue weighted by atomic mass is 10.1. The number of carbonyl (C=O) groups is 3. The van der Waals surface area contributed by atoms with Gasteiger partial charge >= 0.3 is 5.97 Å². The summed E-state index contributed by atoms with van der Waals surface area (Å²) in [4.78, 5) is 37.3. The SMILES string of the molecule is CCOC(=O)c1ccccc1SN1C(=O)c2ccccc2C1=O. The van der Waals surface area contributed by atoms with Crippen LogP contribution in [0.2, 0.25) is 0 Å². The lowest BCUT2D eigenvalue weighted by Crippen LogP contribution is -2.22. The molecule has 5 nitrogen and oxygen atoms in total. The summed E-state index contributed by atoms with van der Waals surface area (Å²) >= 11 is 0.938. The Morgan fingerprint density at radius 2 is 1.57 bits per heavy atom. The number of rotatable bonds is 4. The molecule has 23 heavy (non-hydrogen) atoms. The Bertz CT molecular complexity index is 768. The number of benzene rings is 2. The van der Waals surface area contributed by atoms with Crippen LogP contribution in [0.4, 0.5) is 0 Å². The van der Waals surface area contributed by atoms with Crippen LogP contribution in [0, 0.1) is 0 Å². The van der Waals surface area contributed by atoms with Gasteiger partial charge in [-0.15, -0.1) is 0 Å². The zero-order valence-electron chi connectivity index (χ0n) is 12.3. The second-order valence-corrected chi connectivity index (χ2v) is 5.75. The molecule has 0 unspecified atom stereocenters. The number of hydrogen-bond donors (Lipinski definition) is 0. The largest absolute Gasteiger partial charge is 0.462 e. The molecule has 0 radical (unpaired) electrons. The normalized spacial score (nSPS) is 13.2. The summed E-state index contributed by atoms with van der Waals surface area (Å²) in [5.74, 6) is -1.24. The van der Waals surface area contributed by atoms with Crippen LogP contribution in [0.1, 0.15) is 38.0 Å². The fraction of sp³-hybridized carbons (Fsp3) is 0.118. The first kappa shape index (κ1) is 15.3. The maximum atomic E-state index is 12.4. The third kappa shape index (κ3) is 2.73. The molecule has 3 rings (SSSR count). The van der Waals surface area contributed by atoms with Crippen molar-refractivity contribution in [3.8, 4) is 0 Å². The van der Waals surface area contributed by atoms with Crippen LogP contribution in [0.15, 0.2) is 53.4 Å². The topological polar surface area (TPSA) is 63.7 Å². The van der Waals surface area contributed by atoms with Crippen LogP contribution >= 0.6 is 11.9 Å². The first-order valence-electron chi connectivity index (χ1n) is 7.05. The Morgan fingerprint density at radius 3 is 2.17 bits per heavy atom. The van der Waals surface area contributed by atoms with E-state index in [4.69, 9.17) is 4.74 Å². The van der Waals surface area contributed by atoms with Crippen molar-refractivity contribution in [3.63, 3.8) is 0 Å². The molecule has 1 aliphatic heterocycles. The minimum absolute atomic E-state index is 0.255. The van der Waals surface area contributed by atoms with E-state index in [2.05, 4.69) is 0 Å². The van der Waals surface area contributed by atoms with Gasteiger partial charge in [-0.25, -0.2) is 9.10 Å². The van der Waals surface area contributed by atoms with Gasteiger partial charge in [0.25, 0.3) is 11.8 Å². The van der Waals surface area contributed by atoms with E-state index in [0.29, 0.717) is 21.6 Å². The molecule has 0 saturated heterocycles. The summed E-state index contributed by atoms with van der Waals surface area (Å²) in [6, 6.07) is 13.4. The minimum atomic E-state index is -0.479. The lowest BCUT2D eigenvalue weighted by molar-refractivity contribution is 0.0521. The number of nitrogens with zero attached hydrogens (tertiary/aromatic N) is 1. The van der Waals surface area contributed by atoms with Gasteiger partial charge < -0.3 is 4.74 Å². The fourth-order valence-corrected chi connectivity index (χ4v) is 3.22. The second-order valence-electron chi connectivity index (χ2n) is 4.76. The van der Waals surface area contributed by atoms with Crippen molar-refractivity contribution in [3.05, 3.63) is 65.2 Å². The molecule has 0 aromatic heterocycles. The smallest absolute Gasteiger partial charge is 0.339 e. The van der Waals surface area contributed by atoms with E-state index >= 15 is 0 Å². The molecule has 0 saturated carbocycles. The third-order valence-corrected chi connectivity index (χ3v) is 4.40. The van der Waals surface area contributed by atoms with Crippen molar-refractivity contribution in [2.45, 2.75) is 11.8 Å². The summed E-state index contributed by atoms with van der Waals surface area (Å²) in [7, 11) is 0. The molecular formula is C17H13NO4S. The first-order valence-corrected chi connectivity index (χ1v) is 7.82. The van der Waals surface area contributed by atoms with E-state index < -0.39 is 5.97 Å². The van der Waals surface area contributed by atoms with E-state index in [9.17, 15) is 14.4 Å². The van der Waals surface area contributed by atoms with Crippen LogP contribution in [0.5, 0.6) is 0 Å². The van der Waals surface area contributed by atoms with Gasteiger partial charge in [-0.05, 0) is 43.1 Å². The van der Waals surface area contributed by atoms with Crippen LogP contribution in [-0.4, -0.2) is 28.7 Å². The highest BCUT2D eigenvalue weighted by Gasteiger charge is 2.36. The zero-order chi connectivity index (χ0) is 16.4. The van der Waals surface area contributed by atoms with Gasteiger partial charge in [0.2, 0.25) is 0 Å². The molecule has 2 aromatic carbocycles. The average molecular weight is 327 g/mol. The molecule has 0 fully saturated rings. The summed E-state index contributed by atoms with van der Waals surface area (Å²) in [5, 5.41) is 0. The molecule has 116 valence electrons. The van der Waals surface area contributed by atoms with Crippen molar-refractivity contribution in [1.29, 1.82) is 0 Å². The standard InChI is InChI=1S/C17H13NO4S/c1-2-22-17(21)13-9-5-6-10-14(13)23-18-15(19)11-7-3-4-8-12(11)16(18)20/h3-10H,2H2,1H3. The van der Waals surface area contributed by atoms with Crippen molar-refractivity contribution < 1.29 is 19.1 Å². The number of fused-ring (bicyclic) bond motifs is 1. The van der Waals surface area contributed by atoms with E-state index in [1.54, 1.807) is 55.5 Å². The van der Waals surface area contributed by atoms with Crippen LogP contribution in [0.25, 0.3) is 0 Å². The van der Waals surface area contributed by atoms with Crippen molar-refractivity contribution >= 4 is 29.7 Å². The number of esters is 1. The molecule has 0 aliphatic carbocycles. The number of imide groups is 1. The van der Waals surface area contributed by atoms with E-state index in [1.165, 1.54) is 0 Å². The van der Waals surface area contributed by atoms with Gasteiger partial charge in [0.15, 0.2) is 0 Å². The van der Waals surface area contributed by atoms with Gasteiger partial charge in [-0.3, -0.25) is 9.59 Å². The summed E-state index contributed by atoms with van der Waals surface area (Å²) < 4.78 is 6.08. The highest BCUT2D eigenvalue weighted by atomic mass is 32.2. The molecule has 1 heterocycles. The molecule has 0 N–H and O–H groups in total. The Balaban J connectivity index is 1.91. The Kier molecular flexibility index (Phi) is 4.16. The average Bonchev–Trinajstić information content (AvgIpc) is 2.81. The molecule has 1 aliphatic rings. The Morgan fingerprint density at radius 1 is 1.00 bits per heavy atom. The van der Waals surface area contributed by atoms with Crippen molar-refractivity contribution in [2.75, 3.05) is 6.61 Å². The second kappa shape index (κ2) is 6.26. The van der Waals surface area contributed by atoms with Crippen LogP contribution in [-0.2, 0) is 4.74 Å². The lowest BCUT2D eigenvalue weighted by Gasteiger charge is -2.14. The van der Waals surface area contributed by atoms with Crippen LogP contribution in [0.3, 0.4) is 0 Å². The summed E-state index contributed by atoms with van der Waals surface area (Å²) in [5.41, 5.74) is 1.08. The zero-order valence-corrected chi connectivity index (χ0v) is 13.1. The molecule has 2 aromatic rings. The van der Waals surface area contributed by atoms with Gasteiger partial charge in [0.05, 0.1) is 23.3 Å². The Labute approximate surface area is 137 Å². The highest BCUT2D eigenvalue weighted by Crippen LogP contribution is 2.34. The van der Waals surface area contributed by atoms with Crippen molar-refractivity contribution in [1.82, 2.24) is 4.31 Å². The quantitative estimate of drug-likeness (QED) is 0.490. The predicted molar refractivity (Wildman–Crippen MR) is 85.2 cm³/mol. The first-order chi connectivity index (χ1) is 11.1. The van der Waals surface area contributed by atoms with Gasteiger partial charge in [0, 0.05) is 4.90 Å². The van der Waals surface area contributed by atoms with Crippen LogP contribution < -0.4 is 0 Å². The third-order valence-electron chi connectivity index (χ3n) is 3.33. The van der Waals surface area contributed by atoms with E-state index in [0.717, 1.165) is 16.3 Å². The maximum absolute atomic E-state index is 12.4. The predicted octanol–water partition coefficient (Wildman–Crippen LogP) is 3.17. The van der Waals surface area contributed by atoms with Gasteiger partial charge in [0.1, 0.15) is 0 Å². The molecule has 0 spiro atoms. The van der Waals surface area contributed by atoms with Gasteiger partial charge in [-0.2, -0.15) is 0 Å². The summed E-state index contributed by atoms with van der Waals surface area (Å²) in [6.45, 7) is 1.97. The highest BCUT2D eigenvalue weighted by molar-refractivity contribution is 7.98. The minimum Gasteiger partial charge on any atom is -0.462 e. The number of carbonyl (C=O) groups excluding carboxylic acids is 3. The Hall–Kier alpha value is -2.60.